The number of ether oxygens (including phenoxy) is 2. The molecule has 0 aliphatic heterocycles. The summed E-state index contributed by atoms with van der Waals surface area (Å²) in [7, 11) is 0. The van der Waals surface area contributed by atoms with Crippen molar-refractivity contribution in [2.24, 2.45) is 34.5 Å². The highest BCUT2D eigenvalue weighted by atomic mass is 16.6. The number of anilines is 1. The first-order valence-electron chi connectivity index (χ1n) is 21.6. The molecule has 1 amide bonds. The van der Waals surface area contributed by atoms with E-state index in [9.17, 15) is 29.7 Å². The molecule has 2 aromatic carbocycles. The number of pyridine rings is 2. The number of ketones is 2. The van der Waals surface area contributed by atoms with Gasteiger partial charge in [0.05, 0.1) is 16.8 Å². The molecule has 12 heteroatoms. The molecule has 12 nitrogen and oxygen atoms in total. The standard InChI is InChI=1S/C25H28N2O4.C23H24N2O4/c1-15(28)27(30)17-4-10-24(26-14-17)31-18-5-7-19-16(13-18)3-6-21-20(19)11-12-25(2)22(21)8-9-23(25)29;1-23-11-10-18-17-6-4-16(29-22-9-3-15(13-24-22)25(27)28)12-14(17)2-5-19(18)20(23)7-8-21(23)26/h4-5,7,10,13-14,20-22,30H,3,6,8-9,11-12H2,1-2H3;3-4,6,9,12-13,18-20H,2,5,7-8,10-11H2,1H3/t20-,21-,22+,25+;18-,19-,20+,23+/m11/s1. The van der Waals surface area contributed by atoms with Crippen LogP contribution < -0.4 is 14.5 Å². The number of rotatable bonds is 6. The molecule has 10 rings (SSSR count). The SMILES string of the molecule is CC(=O)N(O)c1ccc(Oc2ccc3c(c2)CC[C@@H]2[C@@H]3CC[C@]3(C)C(=O)CC[C@@H]23)nc1.C[C@]12CC[C@@H]3c4ccc(Oc5ccc([N+](=O)[O-])cn5)cc4CC[C@H]3[C@@H]1CCC2=O. The third kappa shape index (κ3) is 7.06. The topological polar surface area (TPSA) is 162 Å². The van der Waals surface area contributed by atoms with E-state index in [1.165, 1.54) is 53.7 Å². The van der Waals surface area contributed by atoms with Gasteiger partial charge in [0.2, 0.25) is 17.7 Å². The van der Waals surface area contributed by atoms with Crippen LogP contribution in [0.1, 0.15) is 119 Å². The molecular formula is C48H52N4O8. The number of hydrogen-bond donors (Lipinski definition) is 1. The van der Waals surface area contributed by atoms with Crippen LogP contribution in [0.5, 0.6) is 23.3 Å². The number of aryl methyl sites for hydroxylation is 2. The molecule has 1 N–H and O–H groups in total. The maximum atomic E-state index is 12.5. The van der Waals surface area contributed by atoms with Gasteiger partial charge in [-0.3, -0.25) is 29.7 Å². The summed E-state index contributed by atoms with van der Waals surface area (Å²) < 4.78 is 11.8. The molecule has 4 fully saturated rings. The van der Waals surface area contributed by atoms with Crippen molar-refractivity contribution in [2.45, 2.75) is 110 Å². The Morgan fingerprint density at radius 3 is 1.65 bits per heavy atom. The fraction of sp³-hybridized carbons (Fsp3) is 0.479. The monoisotopic (exact) mass is 812 g/mol. The van der Waals surface area contributed by atoms with Gasteiger partial charge in [-0.2, -0.15) is 5.06 Å². The largest absolute Gasteiger partial charge is 0.439 e. The number of benzene rings is 2. The third-order valence-corrected chi connectivity index (χ3v) is 15.5. The van der Waals surface area contributed by atoms with Crippen LogP contribution in [0.25, 0.3) is 0 Å². The molecule has 0 unspecified atom stereocenters. The Bertz CT molecular complexity index is 2350. The molecule has 0 saturated heterocycles. The van der Waals surface area contributed by atoms with E-state index in [1.807, 2.05) is 12.1 Å². The van der Waals surface area contributed by atoms with Gasteiger partial charge in [0.25, 0.3) is 5.69 Å². The lowest BCUT2D eigenvalue weighted by atomic mass is 9.55. The van der Waals surface area contributed by atoms with Crippen LogP contribution in [0.15, 0.2) is 73.1 Å². The average molecular weight is 813 g/mol. The highest BCUT2D eigenvalue weighted by molar-refractivity contribution is 5.89. The Labute approximate surface area is 349 Å². The number of carbonyl (C=O) groups is 3. The average Bonchev–Trinajstić information content (AvgIpc) is 3.73. The number of hydroxylamine groups is 1. The van der Waals surface area contributed by atoms with Crippen molar-refractivity contribution in [2.75, 3.05) is 5.06 Å². The summed E-state index contributed by atoms with van der Waals surface area (Å²) in [6.07, 6.45) is 14.7. The van der Waals surface area contributed by atoms with Gasteiger partial charge < -0.3 is 9.47 Å². The first-order valence-corrected chi connectivity index (χ1v) is 21.6. The highest BCUT2D eigenvalue weighted by Crippen LogP contribution is 2.61. The highest BCUT2D eigenvalue weighted by Gasteiger charge is 2.55. The summed E-state index contributed by atoms with van der Waals surface area (Å²) in [5.74, 6) is 6.05. The van der Waals surface area contributed by atoms with Gasteiger partial charge in [0.1, 0.15) is 29.3 Å². The van der Waals surface area contributed by atoms with Gasteiger partial charge in [0.15, 0.2) is 0 Å². The first kappa shape index (κ1) is 39.9. The molecular weight excluding hydrogens is 761 g/mol. The van der Waals surface area contributed by atoms with Crippen LogP contribution in [-0.4, -0.2) is 37.6 Å². The molecule has 6 aliphatic carbocycles. The Morgan fingerprint density at radius 1 is 0.717 bits per heavy atom. The first-order chi connectivity index (χ1) is 28.8. The lowest BCUT2D eigenvalue weighted by molar-refractivity contribution is -0.385. The molecule has 60 heavy (non-hydrogen) atoms. The van der Waals surface area contributed by atoms with Crippen molar-refractivity contribution in [1.29, 1.82) is 0 Å². The van der Waals surface area contributed by atoms with Gasteiger partial charge in [-0.05, 0) is 152 Å². The summed E-state index contributed by atoms with van der Waals surface area (Å²) >= 11 is 0. The van der Waals surface area contributed by atoms with E-state index in [4.69, 9.17) is 9.47 Å². The van der Waals surface area contributed by atoms with Crippen LogP contribution >= 0.6 is 0 Å². The molecule has 8 atom stereocenters. The molecule has 4 aromatic rings. The fourth-order valence-corrected chi connectivity index (χ4v) is 12.3. The smallest absolute Gasteiger partial charge is 0.287 e. The van der Waals surface area contributed by atoms with Crippen LogP contribution in [0.2, 0.25) is 0 Å². The maximum Gasteiger partial charge on any atom is 0.287 e. The van der Waals surface area contributed by atoms with Gasteiger partial charge in [0, 0.05) is 48.8 Å². The van der Waals surface area contributed by atoms with E-state index in [1.54, 1.807) is 12.1 Å². The van der Waals surface area contributed by atoms with Crippen molar-refractivity contribution < 1.29 is 34.0 Å². The summed E-state index contributed by atoms with van der Waals surface area (Å²) in [5.41, 5.74) is 5.54. The second-order valence-electron chi connectivity index (χ2n) is 18.4. The van der Waals surface area contributed by atoms with E-state index in [2.05, 4.69) is 48.1 Å². The number of fused-ring (bicyclic) bond motifs is 10. The number of carbonyl (C=O) groups excluding carboxylic acids is 3. The quantitative estimate of drug-likeness (QED) is 0.113. The van der Waals surface area contributed by atoms with Crippen molar-refractivity contribution in [3.63, 3.8) is 0 Å². The maximum absolute atomic E-state index is 12.5. The van der Waals surface area contributed by atoms with Crippen LogP contribution in [0.3, 0.4) is 0 Å². The number of amides is 1. The van der Waals surface area contributed by atoms with Crippen molar-refractivity contribution >= 4 is 28.8 Å². The van der Waals surface area contributed by atoms with Gasteiger partial charge >= 0.3 is 0 Å². The molecule has 0 radical (unpaired) electrons. The van der Waals surface area contributed by atoms with Crippen LogP contribution in [0.4, 0.5) is 11.4 Å². The number of hydrogen-bond acceptors (Lipinski definition) is 10. The molecule has 2 aromatic heterocycles. The Morgan fingerprint density at radius 2 is 1.22 bits per heavy atom. The lowest BCUT2D eigenvalue weighted by Crippen LogP contribution is -2.42. The van der Waals surface area contributed by atoms with Gasteiger partial charge in [-0.15, -0.1) is 0 Å². The fourth-order valence-electron chi connectivity index (χ4n) is 12.3. The third-order valence-electron chi connectivity index (χ3n) is 15.5. The minimum absolute atomic E-state index is 0.0523. The molecule has 312 valence electrons. The van der Waals surface area contributed by atoms with E-state index >= 15 is 0 Å². The zero-order chi connectivity index (χ0) is 41.9. The lowest BCUT2D eigenvalue weighted by Gasteiger charge is -2.48. The molecule has 0 bridgehead atoms. The van der Waals surface area contributed by atoms with E-state index in [0.29, 0.717) is 75.3 Å². The Kier molecular flexibility index (Phi) is 10.3. The summed E-state index contributed by atoms with van der Waals surface area (Å²) in [6, 6.07) is 18.7. The van der Waals surface area contributed by atoms with Crippen LogP contribution in [0, 0.1) is 44.6 Å². The second kappa shape index (κ2) is 15.5. The van der Waals surface area contributed by atoms with E-state index < -0.39 is 10.8 Å². The van der Waals surface area contributed by atoms with Crippen molar-refractivity contribution in [3.8, 4) is 23.3 Å². The molecule has 6 aliphatic rings. The van der Waals surface area contributed by atoms with E-state index in [-0.39, 0.29) is 16.5 Å². The molecule has 4 saturated carbocycles. The summed E-state index contributed by atoms with van der Waals surface area (Å²) in [4.78, 5) is 54.7. The molecule has 2 heterocycles. The normalized spacial score (nSPS) is 29.6. The van der Waals surface area contributed by atoms with Crippen molar-refractivity contribution in [3.05, 3.63) is 105 Å². The molecule has 0 spiro atoms. The minimum atomic E-state index is -0.478. The van der Waals surface area contributed by atoms with E-state index in [0.717, 1.165) is 82.8 Å². The predicted molar refractivity (Wildman–Crippen MR) is 222 cm³/mol. The van der Waals surface area contributed by atoms with Crippen molar-refractivity contribution in [1.82, 2.24) is 9.97 Å². The zero-order valence-electron chi connectivity index (χ0n) is 34.5. The number of nitrogens with zero attached hydrogens (tertiary/aromatic N) is 4. The van der Waals surface area contributed by atoms with Crippen LogP contribution in [-0.2, 0) is 27.2 Å². The van der Waals surface area contributed by atoms with Gasteiger partial charge in [-0.1, -0.05) is 26.0 Å². The zero-order valence-corrected chi connectivity index (χ0v) is 34.5. The van der Waals surface area contributed by atoms with Gasteiger partial charge in [-0.25, -0.2) is 9.97 Å². The number of nitro groups is 1. The Hall–Kier alpha value is -5.49. The number of Topliss-reactive ketones (excluding diaryl/α,β-unsaturated/α-hetero) is 2. The number of aromatic nitrogens is 2. The Balaban J connectivity index is 0.000000154. The minimum Gasteiger partial charge on any atom is -0.439 e. The summed E-state index contributed by atoms with van der Waals surface area (Å²) in [6.45, 7) is 5.69. The second-order valence-corrected chi connectivity index (χ2v) is 18.4. The predicted octanol–water partition coefficient (Wildman–Crippen LogP) is 10.2. The summed E-state index contributed by atoms with van der Waals surface area (Å²) in [5, 5.41) is 21.0.